The van der Waals surface area contributed by atoms with E-state index in [2.05, 4.69) is 25.3 Å². The van der Waals surface area contributed by atoms with Crippen LogP contribution in [0.15, 0.2) is 11.4 Å². The third-order valence-corrected chi connectivity index (χ3v) is 2.81. The number of aryl methyl sites for hydroxylation is 1. The van der Waals surface area contributed by atoms with Gasteiger partial charge in [-0.25, -0.2) is 0 Å². The Morgan fingerprint density at radius 3 is 2.92 bits per heavy atom. The molecule has 0 aliphatic rings. The minimum absolute atomic E-state index is 0.0396. The predicted octanol–water partition coefficient (Wildman–Crippen LogP) is 2.48. The zero-order valence-electron chi connectivity index (χ0n) is 8.25. The molecular weight excluding hydrogens is 182 g/mol. The van der Waals surface area contributed by atoms with E-state index < -0.39 is 0 Å². The van der Waals surface area contributed by atoms with E-state index in [1.54, 1.807) is 11.3 Å². The Hall–Kier alpha value is -0.380. The van der Waals surface area contributed by atoms with Gasteiger partial charge in [-0.3, -0.25) is 0 Å². The van der Waals surface area contributed by atoms with Crippen molar-refractivity contribution >= 4 is 11.3 Å². The summed E-state index contributed by atoms with van der Waals surface area (Å²) in [6, 6.07) is 2.12. The third kappa shape index (κ3) is 3.10. The van der Waals surface area contributed by atoms with Gasteiger partial charge in [0, 0.05) is 11.5 Å². The molecule has 0 amide bonds. The van der Waals surface area contributed by atoms with Crippen molar-refractivity contribution in [3.8, 4) is 0 Å². The molecule has 2 nitrogen and oxygen atoms in total. The molecule has 0 aromatic carbocycles. The van der Waals surface area contributed by atoms with Gasteiger partial charge in [-0.05, 0) is 30.4 Å². The molecule has 0 saturated carbocycles. The zero-order chi connectivity index (χ0) is 9.68. The van der Waals surface area contributed by atoms with E-state index in [4.69, 9.17) is 10.5 Å². The van der Waals surface area contributed by atoms with E-state index in [1.807, 2.05) is 0 Å². The average Bonchev–Trinajstić information content (AvgIpc) is 2.52. The molecule has 74 valence electrons. The number of thiophene rings is 1. The Kier molecular flexibility index (Phi) is 4.42. The molecule has 1 heterocycles. The topological polar surface area (TPSA) is 35.2 Å². The number of hydrogen-bond acceptors (Lipinski definition) is 3. The van der Waals surface area contributed by atoms with Crippen molar-refractivity contribution < 1.29 is 4.74 Å². The maximum atomic E-state index is 5.96. The second-order valence-corrected chi connectivity index (χ2v) is 4.23. The minimum Gasteiger partial charge on any atom is -0.379 e. The summed E-state index contributed by atoms with van der Waals surface area (Å²) in [4.78, 5) is 1.30. The van der Waals surface area contributed by atoms with Crippen LogP contribution in [-0.2, 0) is 4.74 Å². The van der Waals surface area contributed by atoms with Crippen molar-refractivity contribution in [2.45, 2.75) is 26.3 Å². The van der Waals surface area contributed by atoms with Gasteiger partial charge in [0.15, 0.2) is 0 Å². The second-order valence-electron chi connectivity index (χ2n) is 3.11. The van der Waals surface area contributed by atoms with Crippen LogP contribution in [0.3, 0.4) is 0 Å². The highest BCUT2D eigenvalue weighted by molar-refractivity contribution is 7.10. The molecule has 13 heavy (non-hydrogen) atoms. The summed E-state index contributed by atoms with van der Waals surface area (Å²) >= 11 is 1.74. The molecule has 1 atom stereocenters. The average molecular weight is 199 g/mol. The van der Waals surface area contributed by atoms with Crippen LogP contribution in [0.4, 0.5) is 0 Å². The standard InChI is InChI=1S/C10H17NOS/c1-3-5-12-7-10(11)9-4-6-13-8(9)2/h4,6,10H,3,5,7,11H2,1-2H3. The van der Waals surface area contributed by atoms with Crippen LogP contribution in [0, 0.1) is 6.92 Å². The smallest absolute Gasteiger partial charge is 0.0659 e. The molecule has 0 aliphatic carbocycles. The SMILES string of the molecule is CCCOCC(N)c1ccsc1C. The Morgan fingerprint density at radius 1 is 1.62 bits per heavy atom. The van der Waals surface area contributed by atoms with Gasteiger partial charge in [-0.2, -0.15) is 0 Å². The molecular formula is C10H17NOS. The lowest BCUT2D eigenvalue weighted by Crippen LogP contribution is -2.17. The van der Waals surface area contributed by atoms with Gasteiger partial charge in [0.2, 0.25) is 0 Å². The summed E-state index contributed by atoms with van der Waals surface area (Å²) in [6.07, 6.45) is 1.05. The number of ether oxygens (including phenoxy) is 1. The van der Waals surface area contributed by atoms with Gasteiger partial charge in [-0.1, -0.05) is 6.92 Å². The van der Waals surface area contributed by atoms with Crippen molar-refractivity contribution in [3.63, 3.8) is 0 Å². The molecule has 0 bridgehead atoms. The van der Waals surface area contributed by atoms with Crippen LogP contribution in [0.2, 0.25) is 0 Å². The van der Waals surface area contributed by atoms with Crippen molar-refractivity contribution in [2.75, 3.05) is 13.2 Å². The van der Waals surface area contributed by atoms with E-state index >= 15 is 0 Å². The molecule has 0 spiro atoms. The second kappa shape index (κ2) is 5.37. The van der Waals surface area contributed by atoms with Gasteiger partial charge in [0.1, 0.15) is 0 Å². The first kappa shape index (κ1) is 10.7. The first-order valence-electron chi connectivity index (χ1n) is 4.63. The van der Waals surface area contributed by atoms with E-state index in [0.29, 0.717) is 6.61 Å². The largest absolute Gasteiger partial charge is 0.379 e. The van der Waals surface area contributed by atoms with Crippen LogP contribution in [0.25, 0.3) is 0 Å². The summed E-state index contributed by atoms with van der Waals surface area (Å²) < 4.78 is 5.40. The van der Waals surface area contributed by atoms with Crippen molar-refractivity contribution in [1.29, 1.82) is 0 Å². The molecule has 3 heteroatoms. The van der Waals surface area contributed by atoms with Crippen molar-refractivity contribution in [3.05, 3.63) is 21.9 Å². The molecule has 1 rings (SSSR count). The summed E-state index contributed by atoms with van der Waals surface area (Å²) in [5.74, 6) is 0. The maximum Gasteiger partial charge on any atom is 0.0659 e. The number of nitrogens with two attached hydrogens (primary N) is 1. The van der Waals surface area contributed by atoms with E-state index in [0.717, 1.165) is 13.0 Å². The van der Waals surface area contributed by atoms with Crippen LogP contribution in [0.5, 0.6) is 0 Å². The van der Waals surface area contributed by atoms with E-state index in [9.17, 15) is 0 Å². The lowest BCUT2D eigenvalue weighted by molar-refractivity contribution is 0.121. The first-order chi connectivity index (χ1) is 6.25. The highest BCUT2D eigenvalue weighted by atomic mass is 32.1. The van der Waals surface area contributed by atoms with Crippen LogP contribution in [0.1, 0.15) is 29.8 Å². The fraction of sp³-hybridized carbons (Fsp3) is 0.600. The summed E-state index contributed by atoms with van der Waals surface area (Å²) in [5, 5.41) is 2.07. The zero-order valence-corrected chi connectivity index (χ0v) is 9.06. The molecule has 0 saturated heterocycles. The molecule has 1 aromatic heterocycles. The van der Waals surface area contributed by atoms with Crippen LogP contribution >= 0.6 is 11.3 Å². The Labute approximate surface area is 83.7 Å². The Balaban J connectivity index is 2.39. The highest BCUT2D eigenvalue weighted by Gasteiger charge is 2.09. The summed E-state index contributed by atoms with van der Waals surface area (Å²) in [5.41, 5.74) is 7.19. The lowest BCUT2D eigenvalue weighted by Gasteiger charge is -2.11. The first-order valence-corrected chi connectivity index (χ1v) is 5.51. The summed E-state index contributed by atoms with van der Waals surface area (Å²) in [6.45, 7) is 5.63. The van der Waals surface area contributed by atoms with E-state index in [-0.39, 0.29) is 6.04 Å². The van der Waals surface area contributed by atoms with Crippen LogP contribution < -0.4 is 5.73 Å². The molecule has 0 fully saturated rings. The van der Waals surface area contributed by atoms with Gasteiger partial charge >= 0.3 is 0 Å². The van der Waals surface area contributed by atoms with Gasteiger partial charge in [0.05, 0.1) is 12.6 Å². The van der Waals surface area contributed by atoms with Crippen molar-refractivity contribution in [1.82, 2.24) is 0 Å². The monoisotopic (exact) mass is 199 g/mol. The lowest BCUT2D eigenvalue weighted by atomic mass is 10.1. The van der Waals surface area contributed by atoms with Crippen LogP contribution in [-0.4, -0.2) is 13.2 Å². The fourth-order valence-corrected chi connectivity index (χ4v) is 2.00. The Morgan fingerprint density at radius 2 is 2.38 bits per heavy atom. The maximum absolute atomic E-state index is 5.96. The molecule has 1 unspecified atom stereocenters. The van der Waals surface area contributed by atoms with Gasteiger partial charge in [-0.15, -0.1) is 11.3 Å². The summed E-state index contributed by atoms with van der Waals surface area (Å²) in [7, 11) is 0. The number of hydrogen-bond donors (Lipinski definition) is 1. The quantitative estimate of drug-likeness (QED) is 0.739. The molecule has 2 N–H and O–H groups in total. The van der Waals surface area contributed by atoms with Gasteiger partial charge < -0.3 is 10.5 Å². The van der Waals surface area contributed by atoms with Crippen molar-refractivity contribution in [2.24, 2.45) is 5.73 Å². The molecule has 0 radical (unpaired) electrons. The fourth-order valence-electron chi connectivity index (χ4n) is 1.22. The minimum atomic E-state index is 0.0396. The predicted molar refractivity (Wildman–Crippen MR) is 57.1 cm³/mol. The third-order valence-electron chi connectivity index (χ3n) is 1.94. The van der Waals surface area contributed by atoms with E-state index in [1.165, 1.54) is 10.4 Å². The number of rotatable bonds is 5. The normalized spacial score (nSPS) is 13.2. The molecule has 0 aliphatic heterocycles. The van der Waals surface area contributed by atoms with Gasteiger partial charge in [0.25, 0.3) is 0 Å². The highest BCUT2D eigenvalue weighted by Crippen LogP contribution is 2.20. The molecule has 1 aromatic rings. The Bertz CT molecular complexity index is 247.